The van der Waals surface area contributed by atoms with Crippen LogP contribution in [0.3, 0.4) is 0 Å². The highest BCUT2D eigenvalue weighted by Gasteiger charge is 2.12. The maximum absolute atomic E-state index is 12.5. The van der Waals surface area contributed by atoms with Crippen LogP contribution < -0.4 is 5.32 Å². The van der Waals surface area contributed by atoms with Gasteiger partial charge in [0.05, 0.1) is 11.0 Å². The molecular formula is C21H17BrN4O. The Bertz CT molecular complexity index is 1100. The van der Waals surface area contributed by atoms with Crippen molar-refractivity contribution in [2.24, 2.45) is 0 Å². The Balaban J connectivity index is 1.61. The van der Waals surface area contributed by atoms with Crippen molar-refractivity contribution in [1.29, 1.82) is 0 Å². The summed E-state index contributed by atoms with van der Waals surface area (Å²) in [5.74, 6) is 0.747. The summed E-state index contributed by atoms with van der Waals surface area (Å²) in [6.07, 6.45) is 3.45. The van der Waals surface area contributed by atoms with E-state index in [1.807, 2.05) is 61.5 Å². The summed E-state index contributed by atoms with van der Waals surface area (Å²) < 4.78 is 3.11. The molecule has 0 spiro atoms. The van der Waals surface area contributed by atoms with E-state index in [4.69, 9.17) is 0 Å². The predicted molar refractivity (Wildman–Crippen MR) is 109 cm³/mol. The summed E-state index contributed by atoms with van der Waals surface area (Å²) in [5, 5.41) is 2.92. The molecule has 2 heterocycles. The van der Waals surface area contributed by atoms with Crippen LogP contribution in [0.5, 0.6) is 0 Å². The topological polar surface area (TPSA) is 59.8 Å². The number of rotatable bonds is 4. The van der Waals surface area contributed by atoms with Gasteiger partial charge in [-0.05, 0) is 61.0 Å². The van der Waals surface area contributed by atoms with Crippen LogP contribution in [0.1, 0.15) is 21.7 Å². The van der Waals surface area contributed by atoms with Crippen molar-refractivity contribution in [2.75, 3.05) is 0 Å². The third kappa shape index (κ3) is 3.61. The quantitative estimate of drug-likeness (QED) is 0.531. The summed E-state index contributed by atoms with van der Waals surface area (Å²) in [5.41, 5.74) is 4.35. The van der Waals surface area contributed by atoms with Gasteiger partial charge in [0, 0.05) is 34.7 Å². The SMILES string of the molecule is Cc1nc2cc(C(=O)NCc3cccnc3)ccc2n1-c1ccc(Br)cc1. The number of fused-ring (bicyclic) bond motifs is 1. The lowest BCUT2D eigenvalue weighted by Crippen LogP contribution is -2.22. The minimum atomic E-state index is -0.128. The smallest absolute Gasteiger partial charge is 0.251 e. The molecule has 1 N–H and O–H groups in total. The number of amides is 1. The van der Waals surface area contributed by atoms with Gasteiger partial charge < -0.3 is 5.32 Å². The van der Waals surface area contributed by atoms with Crippen LogP contribution in [-0.4, -0.2) is 20.4 Å². The first-order valence-electron chi connectivity index (χ1n) is 8.54. The Labute approximate surface area is 165 Å². The van der Waals surface area contributed by atoms with E-state index in [-0.39, 0.29) is 5.91 Å². The third-order valence-electron chi connectivity index (χ3n) is 4.35. The average Bonchev–Trinajstić information content (AvgIpc) is 3.02. The van der Waals surface area contributed by atoms with Crippen molar-refractivity contribution in [3.05, 3.63) is 88.4 Å². The first-order chi connectivity index (χ1) is 13.1. The summed E-state index contributed by atoms with van der Waals surface area (Å²) in [4.78, 5) is 21.2. The predicted octanol–water partition coefficient (Wildman–Crippen LogP) is 4.42. The monoisotopic (exact) mass is 420 g/mol. The normalized spacial score (nSPS) is 10.9. The summed E-state index contributed by atoms with van der Waals surface area (Å²) >= 11 is 3.46. The molecule has 0 unspecified atom stereocenters. The fourth-order valence-electron chi connectivity index (χ4n) is 3.05. The molecule has 0 fully saturated rings. The number of hydrogen-bond acceptors (Lipinski definition) is 3. The van der Waals surface area contributed by atoms with Crippen LogP contribution in [0.4, 0.5) is 0 Å². The number of pyridine rings is 1. The molecule has 6 heteroatoms. The lowest BCUT2D eigenvalue weighted by molar-refractivity contribution is 0.0951. The zero-order valence-corrected chi connectivity index (χ0v) is 16.3. The van der Waals surface area contributed by atoms with Crippen molar-refractivity contribution < 1.29 is 4.79 Å². The number of aromatic nitrogens is 3. The Morgan fingerprint density at radius 1 is 1.15 bits per heavy atom. The van der Waals surface area contributed by atoms with Gasteiger partial charge in [-0.25, -0.2) is 4.98 Å². The summed E-state index contributed by atoms with van der Waals surface area (Å²) in [6.45, 7) is 2.40. The number of nitrogens with one attached hydrogen (secondary N) is 1. The minimum absolute atomic E-state index is 0.128. The molecule has 2 aromatic heterocycles. The van der Waals surface area contributed by atoms with Crippen LogP contribution in [-0.2, 0) is 6.54 Å². The second-order valence-corrected chi connectivity index (χ2v) is 7.13. The van der Waals surface area contributed by atoms with Gasteiger partial charge in [0.2, 0.25) is 0 Å². The van der Waals surface area contributed by atoms with E-state index in [1.54, 1.807) is 12.4 Å². The van der Waals surface area contributed by atoms with Crippen molar-refractivity contribution >= 4 is 32.9 Å². The van der Waals surface area contributed by atoms with Crippen LogP contribution in [0.25, 0.3) is 16.7 Å². The lowest BCUT2D eigenvalue weighted by Gasteiger charge is -2.08. The van der Waals surface area contributed by atoms with Crippen LogP contribution in [0, 0.1) is 6.92 Å². The van der Waals surface area contributed by atoms with Gasteiger partial charge >= 0.3 is 0 Å². The molecule has 4 aromatic rings. The minimum Gasteiger partial charge on any atom is -0.348 e. The number of aryl methyl sites for hydroxylation is 1. The van der Waals surface area contributed by atoms with E-state index in [0.29, 0.717) is 12.1 Å². The third-order valence-corrected chi connectivity index (χ3v) is 4.87. The molecule has 0 saturated heterocycles. The highest BCUT2D eigenvalue weighted by Crippen LogP contribution is 2.23. The first kappa shape index (κ1) is 17.4. The highest BCUT2D eigenvalue weighted by atomic mass is 79.9. The fourth-order valence-corrected chi connectivity index (χ4v) is 3.31. The van der Waals surface area contributed by atoms with E-state index in [2.05, 4.69) is 35.8 Å². The summed E-state index contributed by atoms with van der Waals surface area (Å²) in [7, 11) is 0. The number of carbonyl (C=O) groups is 1. The molecule has 0 aliphatic rings. The largest absolute Gasteiger partial charge is 0.348 e. The first-order valence-corrected chi connectivity index (χ1v) is 9.33. The number of hydrogen-bond donors (Lipinski definition) is 1. The van der Waals surface area contributed by atoms with Gasteiger partial charge in [0.1, 0.15) is 5.82 Å². The van der Waals surface area contributed by atoms with Gasteiger partial charge in [0.25, 0.3) is 5.91 Å². The standard InChI is InChI=1S/C21H17BrN4O/c1-14-25-19-11-16(21(27)24-13-15-3-2-10-23-12-15)4-9-20(19)26(14)18-7-5-17(22)6-8-18/h2-12H,13H2,1H3,(H,24,27). The number of carbonyl (C=O) groups excluding carboxylic acids is 1. The molecule has 5 nitrogen and oxygen atoms in total. The van der Waals surface area contributed by atoms with Gasteiger partial charge in [-0.2, -0.15) is 0 Å². The molecule has 0 saturated carbocycles. The molecule has 134 valence electrons. The second kappa shape index (κ2) is 7.32. The molecule has 0 aliphatic carbocycles. The molecular weight excluding hydrogens is 404 g/mol. The summed E-state index contributed by atoms with van der Waals surface area (Å²) in [6, 6.07) is 17.5. The van der Waals surface area contributed by atoms with E-state index >= 15 is 0 Å². The molecule has 27 heavy (non-hydrogen) atoms. The van der Waals surface area contributed by atoms with Crippen molar-refractivity contribution in [1.82, 2.24) is 19.9 Å². The molecule has 0 radical (unpaired) electrons. The maximum Gasteiger partial charge on any atom is 0.251 e. The molecule has 2 aromatic carbocycles. The zero-order valence-electron chi connectivity index (χ0n) is 14.7. The maximum atomic E-state index is 12.5. The van der Waals surface area contributed by atoms with Gasteiger partial charge in [-0.3, -0.25) is 14.3 Å². The number of imidazole rings is 1. The van der Waals surface area contributed by atoms with Crippen molar-refractivity contribution in [2.45, 2.75) is 13.5 Å². The van der Waals surface area contributed by atoms with Crippen molar-refractivity contribution in [3.63, 3.8) is 0 Å². The Hall–Kier alpha value is -2.99. The van der Waals surface area contributed by atoms with E-state index in [9.17, 15) is 4.79 Å². The van der Waals surface area contributed by atoms with Crippen molar-refractivity contribution in [3.8, 4) is 5.69 Å². The Kier molecular flexibility index (Phi) is 4.73. The fraction of sp³-hybridized carbons (Fsp3) is 0.0952. The second-order valence-electron chi connectivity index (χ2n) is 6.22. The van der Waals surface area contributed by atoms with Crippen LogP contribution in [0.15, 0.2) is 71.5 Å². The van der Waals surface area contributed by atoms with Crippen LogP contribution >= 0.6 is 15.9 Å². The molecule has 4 rings (SSSR count). The molecule has 0 atom stereocenters. The molecule has 0 aliphatic heterocycles. The van der Waals surface area contributed by atoms with Crippen LogP contribution in [0.2, 0.25) is 0 Å². The van der Waals surface area contributed by atoms with E-state index in [0.717, 1.165) is 32.6 Å². The zero-order chi connectivity index (χ0) is 18.8. The molecule has 0 bridgehead atoms. The Morgan fingerprint density at radius 2 is 1.96 bits per heavy atom. The average molecular weight is 421 g/mol. The lowest BCUT2D eigenvalue weighted by atomic mass is 10.1. The Morgan fingerprint density at radius 3 is 2.70 bits per heavy atom. The number of benzene rings is 2. The number of nitrogens with zero attached hydrogens (tertiary/aromatic N) is 3. The van der Waals surface area contributed by atoms with E-state index in [1.165, 1.54) is 0 Å². The van der Waals surface area contributed by atoms with Gasteiger partial charge in [0.15, 0.2) is 0 Å². The van der Waals surface area contributed by atoms with Gasteiger partial charge in [-0.1, -0.05) is 22.0 Å². The number of halogens is 1. The van der Waals surface area contributed by atoms with Gasteiger partial charge in [-0.15, -0.1) is 0 Å². The highest BCUT2D eigenvalue weighted by molar-refractivity contribution is 9.10. The van der Waals surface area contributed by atoms with E-state index < -0.39 is 0 Å². The molecule has 1 amide bonds.